The lowest BCUT2D eigenvalue weighted by atomic mass is 10.1. The molecule has 0 spiro atoms. The van der Waals surface area contributed by atoms with Crippen LogP contribution in [0.5, 0.6) is 0 Å². The number of piperazine rings is 1. The van der Waals surface area contributed by atoms with Crippen molar-refractivity contribution in [3.8, 4) is 0 Å². The summed E-state index contributed by atoms with van der Waals surface area (Å²) in [5.74, 6) is 0.296. The molecule has 3 amide bonds. The zero-order chi connectivity index (χ0) is 29.1. The van der Waals surface area contributed by atoms with E-state index in [1.165, 1.54) is 22.6 Å². The molecule has 3 aliphatic rings. The molecule has 9 nitrogen and oxygen atoms in total. The van der Waals surface area contributed by atoms with Crippen LogP contribution in [0.2, 0.25) is 0 Å². The van der Waals surface area contributed by atoms with Gasteiger partial charge in [0, 0.05) is 69.4 Å². The fourth-order valence-electron chi connectivity index (χ4n) is 5.77. The van der Waals surface area contributed by atoms with Crippen LogP contribution in [0, 0.1) is 6.92 Å². The van der Waals surface area contributed by atoms with Crippen molar-refractivity contribution >= 4 is 46.1 Å². The van der Waals surface area contributed by atoms with Crippen LogP contribution < -0.4 is 20.4 Å². The van der Waals surface area contributed by atoms with Crippen LogP contribution in [0.3, 0.4) is 0 Å². The van der Waals surface area contributed by atoms with Crippen LogP contribution in [-0.4, -0.2) is 73.4 Å². The second-order valence-corrected chi connectivity index (χ2v) is 12.4. The average molecular weight is 587 g/mol. The van der Waals surface area contributed by atoms with E-state index in [1.54, 1.807) is 12.3 Å². The maximum Gasteiger partial charge on any atom is 0.267 e. The van der Waals surface area contributed by atoms with Gasteiger partial charge in [-0.25, -0.2) is 4.98 Å². The molecule has 2 aliphatic heterocycles. The Hall–Kier alpha value is -3.92. The molecule has 0 atom stereocenters. The Morgan fingerprint density at radius 3 is 2.45 bits per heavy atom. The zero-order valence-electron chi connectivity index (χ0n) is 24.1. The van der Waals surface area contributed by atoms with Crippen molar-refractivity contribution in [2.45, 2.75) is 44.9 Å². The van der Waals surface area contributed by atoms with Crippen LogP contribution in [0.1, 0.15) is 68.6 Å². The number of aromatic nitrogens is 1. The van der Waals surface area contributed by atoms with E-state index in [-0.39, 0.29) is 17.7 Å². The van der Waals surface area contributed by atoms with Gasteiger partial charge in [0.15, 0.2) is 0 Å². The van der Waals surface area contributed by atoms with Gasteiger partial charge in [0.05, 0.1) is 22.6 Å². The van der Waals surface area contributed by atoms with E-state index in [0.717, 1.165) is 62.7 Å². The molecule has 0 bridgehead atoms. The fraction of sp³-hybridized carbons (Fsp3) is 0.438. The van der Waals surface area contributed by atoms with Crippen molar-refractivity contribution in [3.63, 3.8) is 0 Å². The van der Waals surface area contributed by atoms with Gasteiger partial charge in [0.25, 0.3) is 11.8 Å². The molecule has 0 radical (unpaired) electrons. The first kappa shape index (κ1) is 28.2. The first-order valence-electron chi connectivity index (χ1n) is 15.0. The number of benzene rings is 2. The molecule has 1 saturated carbocycles. The summed E-state index contributed by atoms with van der Waals surface area (Å²) in [6, 6.07) is 14.0. The van der Waals surface area contributed by atoms with Crippen molar-refractivity contribution in [2.75, 3.05) is 60.9 Å². The van der Waals surface area contributed by atoms with E-state index < -0.39 is 0 Å². The summed E-state index contributed by atoms with van der Waals surface area (Å²) in [5, 5.41) is 7.11. The molecule has 6 rings (SSSR count). The van der Waals surface area contributed by atoms with E-state index in [2.05, 4.69) is 56.6 Å². The molecule has 2 aromatic carbocycles. The third-order valence-electron chi connectivity index (χ3n) is 8.32. The largest absolute Gasteiger partial charge is 0.368 e. The average Bonchev–Trinajstić information content (AvgIpc) is 3.59. The summed E-state index contributed by atoms with van der Waals surface area (Å²) in [6.45, 7) is 7.40. The van der Waals surface area contributed by atoms with Crippen molar-refractivity contribution < 1.29 is 14.4 Å². The Labute approximate surface area is 250 Å². The molecule has 10 heteroatoms. The van der Waals surface area contributed by atoms with Gasteiger partial charge < -0.3 is 25.3 Å². The number of carbonyl (C=O) groups excluding carboxylic acids is 3. The van der Waals surface area contributed by atoms with E-state index >= 15 is 0 Å². The zero-order valence-corrected chi connectivity index (χ0v) is 24.9. The third-order valence-corrected chi connectivity index (χ3v) is 9.48. The summed E-state index contributed by atoms with van der Waals surface area (Å²) < 4.78 is 0. The number of hydrogen-bond donors (Lipinski definition) is 2. The van der Waals surface area contributed by atoms with Gasteiger partial charge in [-0.3, -0.25) is 14.4 Å². The van der Waals surface area contributed by atoms with Crippen LogP contribution >= 0.6 is 11.3 Å². The summed E-state index contributed by atoms with van der Waals surface area (Å²) in [5.41, 5.74) is 4.54. The highest BCUT2D eigenvalue weighted by atomic mass is 32.1. The highest BCUT2D eigenvalue weighted by Crippen LogP contribution is 2.42. The Morgan fingerprint density at radius 2 is 1.74 bits per heavy atom. The summed E-state index contributed by atoms with van der Waals surface area (Å²) in [6.07, 6.45) is 6.18. The van der Waals surface area contributed by atoms with Crippen molar-refractivity contribution in [1.82, 2.24) is 15.2 Å². The first-order valence-corrected chi connectivity index (χ1v) is 15.8. The minimum absolute atomic E-state index is 0.192. The maximum atomic E-state index is 13.3. The number of nitrogens with zero attached hydrogens (tertiary/aromatic N) is 4. The molecule has 42 heavy (non-hydrogen) atoms. The van der Waals surface area contributed by atoms with Crippen molar-refractivity contribution in [3.05, 3.63) is 69.7 Å². The second-order valence-electron chi connectivity index (χ2n) is 11.4. The van der Waals surface area contributed by atoms with E-state index in [9.17, 15) is 14.4 Å². The van der Waals surface area contributed by atoms with Crippen LogP contribution in [0.25, 0.3) is 0 Å². The molecule has 220 valence electrons. The number of amides is 3. The van der Waals surface area contributed by atoms with Crippen LogP contribution in [0.15, 0.2) is 48.7 Å². The number of likely N-dealkylation sites (tertiary alicyclic amines) is 1. The molecule has 1 aromatic heterocycles. The van der Waals surface area contributed by atoms with Gasteiger partial charge in [-0.15, -0.1) is 11.3 Å². The molecule has 0 unspecified atom stereocenters. The smallest absolute Gasteiger partial charge is 0.267 e. The molecule has 3 aromatic rings. The van der Waals surface area contributed by atoms with E-state index in [4.69, 9.17) is 0 Å². The number of carbonyl (C=O) groups is 3. The van der Waals surface area contributed by atoms with Crippen molar-refractivity contribution in [1.29, 1.82) is 0 Å². The minimum Gasteiger partial charge on any atom is -0.368 e. The van der Waals surface area contributed by atoms with Gasteiger partial charge in [-0.1, -0.05) is 18.2 Å². The number of rotatable bonds is 10. The number of thiazole rings is 1. The molecule has 1 aliphatic carbocycles. The van der Waals surface area contributed by atoms with Crippen LogP contribution in [-0.2, 0) is 4.79 Å². The summed E-state index contributed by atoms with van der Waals surface area (Å²) in [7, 11) is 0. The maximum absolute atomic E-state index is 13.3. The van der Waals surface area contributed by atoms with Gasteiger partial charge >= 0.3 is 0 Å². The molecular formula is C32H38N6O3S. The lowest BCUT2D eigenvalue weighted by Gasteiger charge is -2.38. The van der Waals surface area contributed by atoms with Gasteiger partial charge in [0.2, 0.25) is 5.91 Å². The normalized spacial score (nSPS) is 17.1. The van der Waals surface area contributed by atoms with Crippen molar-refractivity contribution in [2.24, 2.45) is 0 Å². The molecular weight excluding hydrogens is 548 g/mol. The number of para-hydroxylation sites is 1. The monoisotopic (exact) mass is 586 g/mol. The fourth-order valence-corrected chi connectivity index (χ4v) is 6.75. The Balaban J connectivity index is 1.15. The lowest BCUT2D eigenvalue weighted by Crippen LogP contribution is -2.47. The summed E-state index contributed by atoms with van der Waals surface area (Å²) >= 11 is 1.46. The molecule has 2 saturated heterocycles. The SMILES string of the molecule is Cc1ccccc1N1CCN(c2ccc(C(=O)NCCCN3CCCC3=O)cc2NC(=O)c2cnc(C3CC3)s2)CC1. The molecule has 3 heterocycles. The van der Waals surface area contributed by atoms with E-state index in [1.807, 2.05) is 17.0 Å². The quantitative estimate of drug-likeness (QED) is 0.336. The topological polar surface area (TPSA) is 97.9 Å². The van der Waals surface area contributed by atoms with E-state index in [0.29, 0.717) is 48.0 Å². The second kappa shape index (κ2) is 12.5. The lowest BCUT2D eigenvalue weighted by molar-refractivity contribution is -0.127. The highest BCUT2D eigenvalue weighted by molar-refractivity contribution is 7.13. The van der Waals surface area contributed by atoms with Gasteiger partial charge in [0.1, 0.15) is 4.88 Å². The summed E-state index contributed by atoms with van der Waals surface area (Å²) in [4.78, 5) is 49.9. The standard InChI is InChI=1S/C32H38N6O3S/c1-22-6-2-3-7-26(22)36-16-18-37(19-17-36)27-12-11-24(30(40)33-13-5-15-38-14-4-8-29(38)39)20-25(27)35-31(41)28-21-34-32(42-28)23-9-10-23/h2-3,6-7,11-12,20-21,23H,4-5,8-10,13-19H2,1H3,(H,33,40)(H,35,41). The minimum atomic E-state index is -0.202. The third kappa shape index (κ3) is 6.43. The number of hydrogen-bond acceptors (Lipinski definition) is 7. The number of nitrogens with one attached hydrogen (secondary N) is 2. The predicted octanol–water partition coefficient (Wildman–Crippen LogP) is 4.65. The van der Waals surface area contributed by atoms with Gasteiger partial charge in [-0.05, 0) is 62.4 Å². The van der Waals surface area contributed by atoms with Gasteiger partial charge in [-0.2, -0.15) is 0 Å². The highest BCUT2D eigenvalue weighted by Gasteiger charge is 2.28. The number of aryl methyl sites for hydroxylation is 1. The predicted molar refractivity (Wildman–Crippen MR) is 167 cm³/mol. The Bertz CT molecular complexity index is 1460. The number of anilines is 3. The molecule has 3 fully saturated rings. The Morgan fingerprint density at radius 1 is 0.976 bits per heavy atom. The first-order chi connectivity index (χ1) is 20.5. The Kier molecular flexibility index (Phi) is 8.41. The molecule has 2 N–H and O–H groups in total. The van der Waals surface area contributed by atoms with Crippen LogP contribution in [0.4, 0.5) is 17.1 Å².